The minimum absolute atomic E-state index is 0.294. The summed E-state index contributed by atoms with van der Waals surface area (Å²) in [6.45, 7) is 0.477. The summed E-state index contributed by atoms with van der Waals surface area (Å²) in [4.78, 5) is 12.7. The van der Waals surface area contributed by atoms with Crippen molar-refractivity contribution in [2.75, 3.05) is 19.5 Å². The Morgan fingerprint density at radius 3 is 2.58 bits per heavy atom. The second kappa shape index (κ2) is 8.08. The molecule has 0 aliphatic heterocycles. The zero-order valence-electron chi connectivity index (χ0n) is 14.5. The molecule has 134 valence electrons. The molecule has 5 nitrogen and oxygen atoms in total. The molecule has 0 unspecified atom stereocenters. The van der Waals surface area contributed by atoms with E-state index in [4.69, 9.17) is 21.1 Å². The molecule has 2 aromatic carbocycles. The maximum atomic E-state index is 12.7. The number of methoxy groups -OCH3 is 2. The van der Waals surface area contributed by atoms with E-state index in [1.807, 2.05) is 53.4 Å². The number of benzene rings is 2. The zero-order valence-corrected chi connectivity index (χ0v) is 15.3. The molecule has 1 aromatic heterocycles. The van der Waals surface area contributed by atoms with Crippen LogP contribution in [0.25, 0.3) is 5.69 Å². The second-order valence-corrected chi connectivity index (χ2v) is 6.09. The number of anilines is 1. The van der Waals surface area contributed by atoms with Crippen molar-refractivity contribution in [3.05, 3.63) is 77.1 Å². The number of halogens is 1. The molecule has 26 heavy (non-hydrogen) atoms. The Labute approximate surface area is 157 Å². The highest BCUT2D eigenvalue weighted by Gasteiger charge is 2.17. The quantitative estimate of drug-likeness (QED) is 0.693. The third kappa shape index (κ3) is 3.90. The lowest BCUT2D eigenvalue weighted by Gasteiger charge is -2.14. The van der Waals surface area contributed by atoms with Crippen LogP contribution in [0.2, 0.25) is 5.02 Å². The molecule has 3 rings (SSSR count). The van der Waals surface area contributed by atoms with Crippen molar-refractivity contribution in [3.63, 3.8) is 0 Å². The first-order valence-electron chi connectivity index (χ1n) is 8.02. The topological polar surface area (TPSA) is 52.5 Å². The van der Waals surface area contributed by atoms with Crippen LogP contribution in [0.1, 0.15) is 15.9 Å². The van der Waals surface area contributed by atoms with Crippen LogP contribution in [0.5, 0.6) is 5.75 Å². The van der Waals surface area contributed by atoms with E-state index in [0.717, 1.165) is 11.3 Å². The molecule has 1 amide bonds. The zero-order chi connectivity index (χ0) is 18.5. The minimum atomic E-state index is -0.294. The van der Waals surface area contributed by atoms with Gasteiger partial charge in [-0.15, -0.1) is 0 Å². The molecule has 1 heterocycles. The summed E-state index contributed by atoms with van der Waals surface area (Å²) >= 11 is 6.39. The third-order valence-corrected chi connectivity index (χ3v) is 4.19. The van der Waals surface area contributed by atoms with E-state index in [-0.39, 0.29) is 5.91 Å². The van der Waals surface area contributed by atoms with Gasteiger partial charge < -0.3 is 19.4 Å². The van der Waals surface area contributed by atoms with E-state index in [1.165, 1.54) is 7.11 Å². The number of nitrogens with one attached hydrogen (secondary N) is 1. The van der Waals surface area contributed by atoms with Gasteiger partial charge in [-0.25, -0.2) is 0 Å². The van der Waals surface area contributed by atoms with Gasteiger partial charge >= 0.3 is 0 Å². The van der Waals surface area contributed by atoms with Crippen LogP contribution in [0, 0.1) is 0 Å². The first-order valence-corrected chi connectivity index (χ1v) is 8.40. The number of ether oxygens (including phenoxy) is 2. The van der Waals surface area contributed by atoms with Crippen molar-refractivity contribution < 1.29 is 14.3 Å². The molecule has 6 heteroatoms. The van der Waals surface area contributed by atoms with Crippen LogP contribution >= 0.6 is 11.6 Å². The summed E-state index contributed by atoms with van der Waals surface area (Å²) in [6.07, 6.45) is 3.75. The van der Waals surface area contributed by atoms with Crippen molar-refractivity contribution >= 4 is 23.2 Å². The number of carbonyl (C=O) groups is 1. The van der Waals surface area contributed by atoms with Crippen LogP contribution in [0.3, 0.4) is 0 Å². The van der Waals surface area contributed by atoms with Gasteiger partial charge in [0, 0.05) is 31.3 Å². The lowest BCUT2D eigenvalue weighted by Crippen LogP contribution is -2.14. The molecule has 0 aliphatic rings. The Balaban J connectivity index is 1.89. The van der Waals surface area contributed by atoms with E-state index in [1.54, 1.807) is 19.2 Å². The number of nitrogens with zero attached hydrogens (tertiary/aromatic N) is 1. The first kappa shape index (κ1) is 18.0. The maximum absolute atomic E-state index is 12.7. The monoisotopic (exact) mass is 370 g/mol. The van der Waals surface area contributed by atoms with Crippen LogP contribution in [0.4, 0.5) is 5.69 Å². The molecule has 0 bridgehead atoms. The highest BCUT2D eigenvalue weighted by Crippen LogP contribution is 2.30. The molecule has 0 spiro atoms. The number of hydrogen-bond donors (Lipinski definition) is 1. The maximum Gasteiger partial charge on any atom is 0.259 e. The third-order valence-electron chi connectivity index (χ3n) is 3.89. The van der Waals surface area contributed by atoms with Gasteiger partial charge in [-0.3, -0.25) is 4.79 Å². The summed E-state index contributed by atoms with van der Waals surface area (Å²) in [6, 6.07) is 14.6. The summed E-state index contributed by atoms with van der Waals surface area (Å²) < 4.78 is 12.4. The molecule has 0 radical (unpaired) electrons. The Morgan fingerprint density at radius 1 is 1.12 bits per heavy atom. The number of aromatic nitrogens is 1. The summed E-state index contributed by atoms with van der Waals surface area (Å²) in [5.74, 6) is 0.154. The first-order chi connectivity index (χ1) is 12.6. The predicted octanol–water partition coefficient (Wildman–Crippen LogP) is 4.54. The van der Waals surface area contributed by atoms with Crippen molar-refractivity contribution in [2.45, 2.75) is 6.61 Å². The molecule has 0 saturated heterocycles. The van der Waals surface area contributed by atoms with E-state index in [2.05, 4.69) is 5.32 Å². The van der Waals surface area contributed by atoms with Gasteiger partial charge in [0.1, 0.15) is 5.75 Å². The molecular formula is C20H19ClN2O3. The van der Waals surface area contributed by atoms with E-state index >= 15 is 0 Å². The number of carbonyl (C=O) groups excluding carboxylic acids is 1. The fourth-order valence-corrected chi connectivity index (χ4v) is 2.95. The van der Waals surface area contributed by atoms with Crippen LogP contribution in [0.15, 0.2) is 60.9 Å². The van der Waals surface area contributed by atoms with E-state index in [9.17, 15) is 4.79 Å². The lowest BCUT2D eigenvalue weighted by molar-refractivity contribution is 0.102. The van der Waals surface area contributed by atoms with Crippen molar-refractivity contribution in [1.29, 1.82) is 0 Å². The summed E-state index contributed by atoms with van der Waals surface area (Å²) in [5.41, 5.74) is 2.76. The van der Waals surface area contributed by atoms with Crippen molar-refractivity contribution in [3.8, 4) is 11.4 Å². The minimum Gasteiger partial charge on any atom is -0.496 e. The average Bonchev–Trinajstić information content (AvgIpc) is 3.16. The van der Waals surface area contributed by atoms with E-state index in [0.29, 0.717) is 28.6 Å². The van der Waals surface area contributed by atoms with Crippen molar-refractivity contribution in [2.24, 2.45) is 0 Å². The van der Waals surface area contributed by atoms with E-state index < -0.39 is 0 Å². The second-order valence-electron chi connectivity index (χ2n) is 5.68. The van der Waals surface area contributed by atoms with Gasteiger partial charge in [-0.1, -0.05) is 23.7 Å². The Bertz CT molecular complexity index is 907. The van der Waals surface area contributed by atoms with Gasteiger partial charge in [-0.2, -0.15) is 0 Å². The molecule has 0 aliphatic carbocycles. The molecule has 0 atom stereocenters. The Hall–Kier alpha value is -2.76. The highest BCUT2D eigenvalue weighted by atomic mass is 35.5. The molecule has 0 fully saturated rings. The number of hydrogen-bond acceptors (Lipinski definition) is 3. The summed E-state index contributed by atoms with van der Waals surface area (Å²) in [7, 11) is 3.16. The average molecular weight is 371 g/mol. The predicted molar refractivity (Wildman–Crippen MR) is 102 cm³/mol. The Kier molecular flexibility index (Phi) is 5.61. The van der Waals surface area contributed by atoms with Crippen LogP contribution < -0.4 is 10.1 Å². The van der Waals surface area contributed by atoms with Crippen LogP contribution in [-0.2, 0) is 11.3 Å². The fourth-order valence-electron chi connectivity index (χ4n) is 2.69. The van der Waals surface area contributed by atoms with Gasteiger partial charge in [0.2, 0.25) is 0 Å². The van der Waals surface area contributed by atoms with Crippen LogP contribution in [-0.4, -0.2) is 24.7 Å². The molecule has 1 N–H and O–H groups in total. The largest absolute Gasteiger partial charge is 0.496 e. The van der Waals surface area contributed by atoms with Gasteiger partial charge in [0.05, 0.1) is 30.0 Å². The standard InChI is InChI=1S/C20H19ClN2O3/c1-25-13-14-6-5-7-15(10-14)22-20(24)16-11-17(21)18(12-19(16)26-2)23-8-3-4-9-23/h3-12H,13H2,1-2H3,(H,22,24). The van der Waals surface area contributed by atoms with Crippen molar-refractivity contribution in [1.82, 2.24) is 4.57 Å². The summed E-state index contributed by atoms with van der Waals surface area (Å²) in [5, 5.41) is 3.33. The normalized spacial score (nSPS) is 10.6. The number of amides is 1. The Morgan fingerprint density at radius 2 is 1.88 bits per heavy atom. The highest BCUT2D eigenvalue weighted by molar-refractivity contribution is 6.33. The fraction of sp³-hybridized carbons (Fsp3) is 0.150. The van der Waals surface area contributed by atoms with Gasteiger partial charge in [0.15, 0.2) is 0 Å². The van der Waals surface area contributed by atoms with Gasteiger partial charge in [0.25, 0.3) is 5.91 Å². The molecular weight excluding hydrogens is 352 g/mol. The number of rotatable bonds is 6. The SMILES string of the molecule is COCc1cccc(NC(=O)c2cc(Cl)c(-n3cccc3)cc2OC)c1. The molecule has 0 saturated carbocycles. The van der Waals surface area contributed by atoms with Gasteiger partial charge in [-0.05, 0) is 35.9 Å². The molecule has 3 aromatic rings. The smallest absolute Gasteiger partial charge is 0.259 e. The lowest BCUT2D eigenvalue weighted by atomic mass is 10.1.